The van der Waals surface area contributed by atoms with Crippen LogP contribution in [0.4, 0.5) is 9.59 Å². The van der Waals surface area contributed by atoms with E-state index in [1.165, 1.54) is 23.0 Å². The number of aliphatic imine (C=N–C) groups is 1. The normalized spacial score (nSPS) is 16.9. The van der Waals surface area contributed by atoms with Crippen molar-refractivity contribution in [3.8, 4) is 11.1 Å². The van der Waals surface area contributed by atoms with Gasteiger partial charge in [-0.05, 0) is 85.4 Å². The summed E-state index contributed by atoms with van der Waals surface area (Å²) in [5.41, 5.74) is 8.72. The molecule has 17 nitrogen and oxygen atoms in total. The monoisotopic (exact) mass is 799 g/mol. The van der Waals surface area contributed by atoms with Crippen LogP contribution in [0.25, 0.3) is 33.4 Å². The molecule has 5 aromatic rings. The first-order chi connectivity index (χ1) is 27.0. The number of imidazole rings is 1. The van der Waals surface area contributed by atoms with Crippen LogP contribution in [0, 0.1) is 0 Å². The molecule has 2 saturated heterocycles. The predicted octanol–water partition coefficient (Wildman–Crippen LogP) is 5.52. The van der Waals surface area contributed by atoms with Gasteiger partial charge in [-0.15, -0.1) is 0 Å². The fourth-order valence-electron chi connectivity index (χ4n) is 6.89. The van der Waals surface area contributed by atoms with Gasteiger partial charge in [0.25, 0.3) is 0 Å². The molecule has 7 heterocycles. The summed E-state index contributed by atoms with van der Waals surface area (Å²) < 4.78 is 43.9. The van der Waals surface area contributed by atoms with E-state index in [4.69, 9.17) is 20.2 Å². The standard InChI is InChI=1S/C39H49N11O6S/c1-38(2,3)55-36(51)46-13-9-30(10-14-46)41-20-28(18-40)26-7-8-34-43-23-35(48(34)24-26)57(53,54)50-33-17-27(19-42-32(33)22-45-50)29-21-44-49(25-29)31-11-15-47(16-12-31)37(52)56-39(4,5)6/h7-8,17-25,30-31H,9-16,40H2,1-6H3. The van der Waals surface area contributed by atoms with Crippen LogP contribution in [0.3, 0.4) is 0 Å². The number of hydrogen-bond donors (Lipinski definition) is 1. The van der Waals surface area contributed by atoms with Gasteiger partial charge in [-0.25, -0.2) is 14.6 Å². The Morgan fingerprint density at radius 3 is 2.11 bits per heavy atom. The van der Waals surface area contributed by atoms with Crippen molar-refractivity contribution < 1.29 is 27.5 Å². The largest absolute Gasteiger partial charge is 0.444 e. The van der Waals surface area contributed by atoms with Crippen LogP contribution in [0.2, 0.25) is 0 Å². The van der Waals surface area contributed by atoms with Crippen LogP contribution in [0.1, 0.15) is 78.8 Å². The van der Waals surface area contributed by atoms with Gasteiger partial charge in [0.1, 0.15) is 27.9 Å². The number of carbonyl (C=O) groups is 2. The second-order valence-electron chi connectivity index (χ2n) is 16.4. The third-order valence-electron chi connectivity index (χ3n) is 9.83. The van der Waals surface area contributed by atoms with Crippen LogP contribution < -0.4 is 5.73 Å². The van der Waals surface area contributed by atoms with Crippen molar-refractivity contribution in [1.29, 1.82) is 0 Å². The minimum absolute atomic E-state index is 0.0171. The van der Waals surface area contributed by atoms with E-state index in [1.54, 1.807) is 52.8 Å². The zero-order valence-corrected chi connectivity index (χ0v) is 33.9. The van der Waals surface area contributed by atoms with Crippen molar-refractivity contribution in [3.63, 3.8) is 0 Å². The average molecular weight is 800 g/mol. The van der Waals surface area contributed by atoms with Crippen molar-refractivity contribution in [2.24, 2.45) is 10.7 Å². The summed E-state index contributed by atoms with van der Waals surface area (Å²) in [5, 5.41) is 8.77. The first-order valence-electron chi connectivity index (χ1n) is 19.0. The lowest BCUT2D eigenvalue weighted by molar-refractivity contribution is 0.0180. The third kappa shape index (κ3) is 8.65. The maximum atomic E-state index is 14.3. The molecule has 0 saturated carbocycles. The number of pyridine rings is 2. The Hall–Kier alpha value is -5.78. The topological polar surface area (TPSA) is 197 Å². The zero-order chi connectivity index (χ0) is 40.7. The first kappa shape index (κ1) is 39.5. The number of allylic oxidation sites excluding steroid dienone is 1. The lowest BCUT2D eigenvalue weighted by atomic mass is 10.1. The Labute approximate surface area is 331 Å². The Morgan fingerprint density at radius 1 is 0.825 bits per heavy atom. The number of piperidine rings is 2. The number of carbonyl (C=O) groups excluding carboxylic acids is 2. The van der Waals surface area contributed by atoms with E-state index in [9.17, 15) is 18.0 Å². The number of amides is 2. The lowest BCUT2D eigenvalue weighted by Crippen LogP contribution is -2.42. The SMILES string of the molecule is CC(C)(C)OC(=O)N1CCC(N=CC(=CN)c2ccc3ncc(S(=O)(=O)n4ncc5ncc(-c6cnn(C7CCN(C(=O)OC(C)(C)C)CC7)c6)cc54)n3c2)CC1. The molecule has 18 heteroatoms. The second kappa shape index (κ2) is 15.3. The van der Waals surface area contributed by atoms with Gasteiger partial charge in [0.05, 0.1) is 30.7 Å². The van der Waals surface area contributed by atoms with Gasteiger partial charge in [0.2, 0.25) is 0 Å². The number of ether oxygens (including phenoxy) is 2. The fourth-order valence-corrected chi connectivity index (χ4v) is 8.23. The molecule has 2 N–H and O–H groups in total. The predicted molar refractivity (Wildman–Crippen MR) is 214 cm³/mol. The van der Waals surface area contributed by atoms with Crippen LogP contribution in [0.5, 0.6) is 0 Å². The number of rotatable bonds is 7. The molecular weight excluding hydrogens is 751 g/mol. The van der Waals surface area contributed by atoms with Gasteiger partial charge in [0, 0.05) is 79.4 Å². The van der Waals surface area contributed by atoms with E-state index in [-0.39, 0.29) is 29.3 Å². The quantitative estimate of drug-likeness (QED) is 0.204. The van der Waals surface area contributed by atoms with Crippen molar-refractivity contribution in [1.82, 2.24) is 43.1 Å². The Morgan fingerprint density at radius 2 is 1.47 bits per heavy atom. The molecule has 0 aliphatic carbocycles. The molecule has 0 spiro atoms. The molecule has 0 unspecified atom stereocenters. The van der Waals surface area contributed by atoms with E-state index in [0.717, 1.165) is 22.5 Å². The van der Waals surface area contributed by atoms with E-state index in [0.29, 0.717) is 72.4 Å². The number of likely N-dealkylation sites (tertiary alicyclic amines) is 2. The molecular formula is C39H49N11O6S. The van der Waals surface area contributed by atoms with Crippen LogP contribution in [0.15, 0.2) is 71.6 Å². The van der Waals surface area contributed by atoms with Crippen molar-refractivity contribution in [2.45, 2.75) is 95.5 Å². The van der Waals surface area contributed by atoms with Gasteiger partial charge in [-0.2, -0.15) is 22.7 Å². The molecule has 7 rings (SSSR count). The highest BCUT2D eigenvalue weighted by Gasteiger charge is 2.30. The van der Waals surface area contributed by atoms with Gasteiger partial charge in [-0.3, -0.25) is 19.1 Å². The second-order valence-corrected chi connectivity index (χ2v) is 18.1. The summed E-state index contributed by atoms with van der Waals surface area (Å²) in [7, 11) is -4.27. The zero-order valence-electron chi connectivity index (χ0n) is 33.1. The van der Waals surface area contributed by atoms with Gasteiger partial charge in [0.15, 0.2) is 5.03 Å². The Balaban J connectivity index is 1.07. The minimum Gasteiger partial charge on any atom is -0.444 e. The maximum Gasteiger partial charge on any atom is 0.410 e. The van der Waals surface area contributed by atoms with Gasteiger partial charge >= 0.3 is 22.2 Å². The van der Waals surface area contributed by atoms with E-state index in [2.05, 4.69) is 20.2 Å². The molecule has 5 aromatic heterocycles. The number of nitrogens with two attached hydrogens (primary N) is 1. The Kier molecular flexibility index (Phi) is 10.6. The number of aromatic nitrogens is 7. The molecule has 0 atom stereocenters. The van der Waals surface area contributed by atoms with Crippen LogP contribution in [-0.2, 0) is 19.5 Å². The highest BCUT2D eigenvalue weighted by molar-refractivity contribution is 7.90. The van der Waals surface area contributed by atoms with E-state index < -0.39 is 21.2 Å². The smallest absolute Gasteiger partial charge is 0.410 e. The Bertz CT molecular complexity index is 2450. The van der Waals surface area contributed by atoms with Crippen molar-refractivity contribution >= 4 is 50.7 Å². The minimum atomic E-state index is -4.27. The highest BCUT2D eigenvalue weighted by Crippen LogP contribution is 2.29. The lowest BCUT2D eigenvalue weighted by Gasteiger charge is -2.33. The van der Waals surface area contributed by atoms with Crippen molar-refractivity contribution in [2.75, 3.05) is 26.2 Å². The number of hydrogen-bond acceptors (Lipinski definition) is 12. The molecule has 302 valence electrons. The molecule has 2 aliphatic heterocycles. The molecule has 0 radical (unpaired) electrons. The van der Waals surface area contributed by atoms with E-state index >= 15 is 0 Å². The van der Waals surface area contributed by atoms with Crippen molar-refractivity contribution in [3.05, 3.63) is 67.1 Å². The van der Waals surface area contributed by atoms with Crippen LogP contribution in [-0.4, -0.2) is 113 Å². The van der Waals surface area contributed by atoms with Gasteiger partial charge in [-0.1, -0.05) is 0 Å². The van der Waals surface area contributed by atoms with Gasteiger partial charge < -0.3 is 25.0 Å². The number of fused-ring (bicyclic) bond motifs is 2. The summed E-state index contributed by atoms with van der Waals surface area (Å²) in [6.07, 6.45) is 14.9. The third-order valence-corrected chi connectivity index (χ3v) is 11.4. The van der Waals surface area contributed by atoms with Crippen LogP contribution >= 0.6 is 0 Å². The fraction of sp³-hybridized carbons (Fsp3) is 0.462. The molecule has 2 amide bonds. The summed E-state index contributed by atoms with van der Waals surface area (Å²) in [6.45, 7) is 13.3. The first-order valence-corrected chi connectivity index (χ1v) is 20.5. The molecule has 57 heavy (non-hydrogen) atoms. The van der Waals surface area contributed by atoms with E-state index in [1.807, 2.05) is 52.4 Å². The number of nitrogens with zero attached hydrogens (tertiary/aromatic N) is 10. The summed E-state index contributed by atoms with van der Waals surface area (Å²) in [4.78, 5) is 42.1. The molecule has 2 aliphatic rings. The summed E-state index contributed by atoms with van der Waals surface area (Å²) in [5.74, 6) is 0. The molecule has 0 bridgehead atoms. The average Bonchev–Trinajstić information content (AvgIpc) is 3.93. The summed E-state index contributed by atoms with van der Waals surface area (Å²) >= 11 is 0. The maximum absolute atomic E-state index is 14.3. The summed E-state index contributed by atoms with van der Waals surface area (Å²) in [6, 6.07) is 5.32. The highest BCUT2D eigenvalue weighted by atomic mass is 32.2. The molecule has 2 fully saturated rings. The molecule has 0 aromatic carbocycles.